The zero-order valence-corrected chi connectivity index (χ0v) is 22.4. The molecule has 4 rings (SSSR count). The van der Waals surface area contributed by atoms with Crippen LogP contribution in [0.25, 0.3) is 22.5 Å². The van der Waals surface area contributed by atoms with Crippen LogP contribution in [-0.4, -0.2) is 9.97 Å². The van der Waals surface area contributed by atoms with Crippen molar-refractivity contribution in [3.05, 3.63) is 108 Å². The molecule has 0 amide bonds. The van der Waals surface area contributed by atoms with Gasteiger partial charge in [-0.15, -0.1) is 35.9 Å². The number of pyridine rings is 2. The van der Waals surface area contributed by atoms with Crippen LogP contribution in [0.5, 0.6) is 0 Å². The molecular weight excluding hydrogens is 581 g/mol. The molecule has 2 aromatic carbocycles. The zero-order chi connectivity index (χ0) is 22.8. The van der Waals surface area contributed by atoms with Crippen LogP contribution in [0.4, 0.5) is 0 Å². The normalized spacial score (nSPS) is 10.4. The first-order chi connectivity index (χ1) is 15.5. The third-order valence-corrected chi connectivity index (χ3v) is 4.99. The minimum atomic E-state index is 0. The maximum atomic E-state index is 4.50. The van der Waals surface area contributed by atoms with E-state index in [1.54, 1.807) is 0 Å². The molecule has 0 aliphatic heterocycles. The number of rotatable bonds is 6. The van der Waals surface area contributed by atoms with Crippen molar-refractivity contribution in [2.24, 2.45) is 11.8 Å². The third kappa shape index (κ3) is 9.04. The molecule has 33 heavy (non-hydrogen) atoms. The van der Waals surface area contributed by atoms with Crippen molar-refractivity contribution in [2.45, 2.75) is 40.5 Å². The van der Waals surface area contributed by atoms with E-state index in [9.17, 15) is 0 Å². The van der Waals surface area contributed by atoms with Gasteiger partial charge in [0, 0.05) is 38.1 Å². The summed E-state index contributed by atoms with van der Waals surface area (Å²) in [5, 5.41) is 0. The van der Waals surface area contributed by atoms with Crippen LogP contribution >= 0.6 is 0 Å². The molecule has 0 unspecified atom stereocenters. The van der Waals surface area contributed by atoms with Crippen molar-refractivity contribution < 1.29 is 20.1 Å². The van der Waals surface area contributed by atoms with Gasteiger partial charge in [-0.1, -0.05) is 76.2 Å². The minimum Gasteiger partial charge on any atom is -0.304 e. The molecule has 0 saturated heterocycles. The summed E-state index contributed by atoms with van der Waals surface area (Å²) in [6, 6.07) is 29.9. The van der Waals surface area contributed by atoms with Crippen LogP contribution in [0.15, 0.2) is 91.3 Å². The zero-order valence-electron chi connectivity index (χ0n) is 20.0. The Bertz CT molecular complexity index is 953. The van der Waals surface area contributed by atoms with Gasteiger partial charge < -0.3 is 4.98 Å². The molecule has 2 aromatic heterocycles. The van der Waals surface area contributed by atoms with E-state index < -0.39 is 0 Å². The van der Waals surface area contributed by atoms with Crippen molar-refractivity contribution >= 4 is 0 Å². The van der Waals surface area contributed by atoms with Crippen LogP contribution in [0, 0.1) is 17.9 Å². The average Bonchev–Trinajstić information content (AvgIpc) is 2.81. The van der Waals surface area contributed by atoms with Crippen molar-refractivity contribution in [1.82, 2.24) is 9.97 Å². The van der Waals surface area contributed by atoms with Gasteiger partial charge in [-0.3, -0.25) is 4.98 Å². The molecule has 2 nitrogen and oxygen atoms in total. The molecule has 2 heterocycles. The molecule has 173 valence electrons. The second-order valence-corrected chi connectivity index (χ2v) is 8.94. The number of nitrogens with zero attached hydrogens (tertiary/aromatic N) is 2. The van der Waals surface area contributed by atoms with Gasteiger partial charge in [-0.05, 0) is 47.6 Å². The number of aromatic nitrogens is 2. The maximum absolute atomic E-state index is 4.50. The van der Waals surface area contributed by atoms with Gasteiger partial charge in [0.15, 0.2) is 0 Å². The summed E-state index contributed by atoms with van der Waals surface area (Å²) < 4.78 is 0. The Labute approximate surface area is 212 Å². The Morgan fingerprint density at radius 1 is 0.636 bits per heavy atom. The van der Waals surface area contributed by atoms with E-state index in [2.05, 4.69) is 80.1 Å². The number of hydrogen-bond acceptors (Lipinski definition) is 2. The molecular formula is C30H33IrN2-. The quantitative estimate of drug-likeness (QED) is 0.209. The van der Waals surface area contributed by atoms with Crippen molar-refractivity contribution in [3.63, 3.8) is 0 Å². The van der Waals surface area contributed by atoms with Crippen molar-refractivity contribution in [2.75, 3.05) is 0 Å². The first-order valence-electron chi connectivity index (χ1n) is 11.4. The number of hydrogen-bond donors (Lipinski definition) is 0. The van der Waals surface area contributed by atoms with Gasteiger partial charge in [-0.25, -0.2) is 0 Å². The monoisotopic (exact) mass is 614 g/mol. The van der Waals surface area contributed by atoms with E-state index in [0.717, 1.165) is 29.8 Å². The van der Waals surface area contributed by atoms with Gasteiger partial charge in [0.2, 0.25) is 0 Å². The number of benzene rings is 2. The summed E-state index contributed by atoms with van der Waals surface area (Å²) in [5.74, 6) is 1.36. The van der Waals surface area contributed by atoms with Gasteiger partial charge in [0.05, 0.1) is 5.69 Å². The summed E-state index contributed by atoms with van der Waals surface area (Å²) in [4.78, 5) is 8.97. The van der Waals surface area contributed by atoms with Crippen LogP contribution in [-0.2, 0) is 32.9 Å². The first kappa shape index (κ1) is 26.6. The fourth-order valence-electron chi connectivity index (χ4n) is 3.52. The topological polar surface area (TPSA) is 25.8 Å². The summed E-state index contributed by atoms with van der Waals surface area (Å²) in [7, 11) is 0. The van der Waals surface area contributed by atoms with E-state index in [1.165, 1.54) is 16.7 Å². The minimum absolute atomic E-state index is 0. The molecule has 0 N–H and O–H groups in total. The van der Waals surface area contributed by atoms with Gasteiger partial charge in [-0.2, -0.15) is 0 Å². The van der Waals surface area contributed by atoms with Crippen molar-refractivity contribution in [1.29, 1.82) is 0 Å². The fraction of sp³-hybridized carbons (Fsp3) is 0.267. The smallest absolute Gasteiger partial charge is 0.0702 e. The van der Waals surface area contributed by atoms with Gasteiger partial charge in [0.25, 0.3) is 0 Å². The third-order valence-electron chi connectivity index (χ3n) is 4.99. The van der Waals surface area contributed by atoms with Gasteiger partial charge >= 0.3 is 0 Å². The molecule has 0 aliphatic rings. The Hall–Kier alpha value is -2.61. The van der Waals surface area contributed by atoms with Crippen molar-refractivity contribution in [3.8, 4) is 22.5 Å². The molecule has 0 saturated carbocycles. The van der Waals surface area contributed by atoms with Crippen LogP contribution in [0.1, 0.15) is 38.8 Å². The molecule has 0 bridgehead atoms. The second-order valence-electron chi connectivity index (χ2n) is 8.94. The van der Waals surface area contributed by atoms with Gasteiger partial charge in [0.1, 0.15) is 0 Å². The Morgan fingerprint density at radius 3 is 1.64 bits per heavy atom. The SMILES string of the molecule is CC(C)Cc1ccc(-c2[c-]cccc2)nc1.CC(C)Cc1ccc(-c2ccccc2)nc1.[Ir]. The molecule has 4 aromatic rings. The van der Waals surface area contributed by atoms with E-state index >= 15 is 0 Å². The summed E-state index contributed by atoms with van der Waals surface area (Å²) >= 11 is 0. The van der Waals surface area contributed by atoms with Crippen LogP contribution in [0.3, 0.4) is 0 Å². The largest absolute Gasteiger partial charge is 0.304 e. The molecule has 0 fully saturated rings. The van der Waals surface area contributed by atoms with E-state index in [4.69, 9.17) is 0 Å². The predicted octanol–water partition coefficient (Wildman–Crippen LogP) is 7.69. The molecule has 0 aliphatic carbocycles. The Balaban J connectivity index is 0.000000227. The average molecular weight is 614 g/mol. The van der Waals surface area contributed by atoms with E-state index in [-0.39, 0.29) is 20.1 Å². The summed E-state index contributed by atoms with van der Waals surface area (Å²) in [6.45, 7) is 8.90. The Kier molecular flexibility index (Phi) is 11.2. The Morgan fingerprint density at radius 2 is 1.18 bits per heavy atom. The molecule has 3 heteroatoms. The maximum Gasteiger partial charge on any atom is 0.0702 e. The van der Waals surface area contributed by atoms with Crippen LogP contribution in [0.2, 0.25) is 0 Å². The van der Waals surface area contributed by atoms with E-state index in [1.807, 2.05) is 54.9 Å². The molecule has 0 atom stereocenters. The standard InChI is InChI=1S/C15H17N.C15H16N.Ir/c2*1-12(2)10-13-8-9-15(16-11-13)14-6-4-3-5-7-14;/h3-9,11-12H,10H2,1-2H3;3-6,8-9,11-12H,10H2,1-2H3;/q;-1;. The molecule has 1 radical (unpaired) electrons. The fourth-order valence-corrected chi connectivity index (χ4v) is 3.52. The van der Waals surface area contributed by atoms with Crippen LogP contribution < -0.4 is 0 Å². The second kappa shape index (κ2) is 13.8. The summed E-state index contributed by atoms with van der Waals surface area (Å²) in [6.07, 6.45) is 6.15. The predicted molar refractivity (Wildman–Crippen MR) is 135 cm³/mol. The molecule has 0 spiro atoms. The summed E-state index contributed by atoms with van der Waals surface area (Å²) in [5.41, 5.74) is 6.89. The first-order valence-corrected chi connectivity index (χ1v) is 11.4. The van der Waals surface area contributed by atoms with E-state index in [0.29, 0.717) is 11.8 Å².